The number of hydrogen-bond donors (Lipinski definition) is 1. The van der Waals surface area contributed by atoms with Crippen LogP contribution in [0.1, 0.15) is 25.5 Å². The maximum atomic E-state index is 13.9. The third-order valence-corrected chi connectivity index (χ3v) is 3.50. The maximum Gasteiger partial charge on any atom is 0.220 e. The number of nitrogens with zero attached hydrogens (tertiary/aromatic N) is 2. The molecular weight excluding hydrogens is 301 g/mol. The lowest BCUT2D eigenvalue weighted by molar-refractivity contribution is 0.640. The predicted octanol–water partition coefficient (Wildman–Crippen LogP) is 4.56. The molecule has 3 nitrogen and oxygen atoms in total. The topological polar surface area (TPSA) is 51.8 Å². The van der Waals surface area contributed by atoms with Crippen molar-refractivity contribution in [2.75, 3.05) is 5.73 Å². The lowest BCUT2D eigenvalue weighted by Gasteiger charge is -2.11. The predicted molar refractivity (Wildman–Crippen MR) is 90.7 cm³/mol. The van der Waals surface area contributed by atoms with E-state index in [9.17, 15) is 4.39 Å². The van der Waals surface area contributed by atoms with E-state index >= 15 is 0 Å². The van der Waals surface area contributed by atoms with E-state index in [-0.39, 0.29) is 30.1 Å². The van der Waals surface area contributed by atoms with Crippen LogP contribution in [0.5, 0.6) is 0 Å². The largest absolute Gasteiger partial charge is 0.368 e. The van der Waals surface area contributed by atoms with E-state index in [1.54, 1.807) is 12.1 Å². The van der Waals surface area contributed by atoms with E-state index in [0.29, 0.717) is 5.39 Å². The summed E-state index contributed by atoms with van der Waals surface area (Å²) in [5.74, 6) is 0.255. The molecule has 1 heterocycles. The highest BCUT2D eigenvalue weighted by Crippen LogP contribution is 2.30. The van der Waals surface area contributed by atoms with Gasteiger partial charge in [0.15, 0.2) is 0 Å². The normalized spacial score (nSPS) is 10.7. The summed E-state index contributed by atoms with van der Waals surface area (Å²) < 4.78 is 13.9. The number of aromatic nitrogens is 2. The lowest BCUT2D eigenvalue weighted by atomic mass is 10.00. The van der Waals surface area contributed by atoms with Gasteiger partial charge in [-0.2, -0.15) is 0 Å². The third kappa shape index (κ3) is 2.88. The summed E-state index contributed by atoms with van der Waals surface area (Å²) in [5, 5.41) is 1.41. The molecule has 3 rings (SSSR count). The molecule has 0 atom stereocenters. The first-order valence-electron chi connectivity index (χ1n) is 6.88. The van der Waals surface area contributed by atoms with Gasteiger partial charge in [0.1, 0.15) is 5.82 Å². The van der Waals surface area contributed by atoms with Crippen LogP contribution in [-0.2, 0) is 0 Å². The lowest BCUT2D eigenvalue weighted by Crippen LogP contribution is -2.02. The molecule has 22 heavy (non-hydrogen) atoms. The number of benzene rings is 2. The van der Waals surface area contributed by atoms with Crippen molar-refractivity contribution < 1.29 is 4.39 Å². The van der Waals surface area contributed by atoms with Crippen molar-refractivity contribution in [1.82, 2.24) is 9.97 Å². The summed E-state index contributed by atoms with van der Waals surface area (Å²) in [6.45, 7) is 4.10. The van der Waals surface area contributed by atoms with E-state index in [4.69, 9.17) is 5.73 Å². The molecule has 5 heteroatoms. The van der Waals surface area contributed by atoms with Crippen molar-refractivity contribution in [1.29, 1.82) is 0 Å². The zero-order chi connectivity index (χ0) is 15.0. The molecule has 0 fully saturated rings. The first-order chi connectivity index (χ1) is 10.1. The average molecular weight is 318 g/mol. The number of fused-ring (bicyclic) bond motifs is 1. The molecule has 2 aromatic carbocycles. The van der Waals surface area contributed by atoms with E-state index in [1.807, 2.05) is 38.1 Å². The Morgan fingerprint density at radius 3 is 2.36 bits per heavy atom. The molecule has 0 saturated heterocycles. The summed E-state index contributed by atoms with van der Waals surface area (Å²) in [6.07, 6.45) is 0. The molecule has 0 aliphatic rings. The van der Waals surface area contributed by atoms with Crippen LogP contribution in [0.3, 0.4) is 0 Å². The number of nitrogens with two attached hydrogens (primary N) is 1. The quantitative estimate of drug-likeness (QED) is 0.753. The smallest absolute Gasteiger partial charge is 0.220 e. The molecule has 3 aromatic rings. The van der Waals surface area contributed by atoms with Gasteiger partial charge in [0, 0.05) is 16.6 Å². The van der Waals surface area contributed by atoms with Gasteiger partial charge < -0.3 is 5.73 Å². The van der Waals surface area contributed by atoms with Gasteiger partial charge in [-0.15, -0.1) is 12.4 Å². The van der Waals surface area contributed by atoms with Gasteiger partial charge in [0.2, 0.25) is 5.95 Å². The molecule has 2 N–H and O–H groups in total. The van der Waals surface area contributed by atoms with Crippen molar-refractivity contribution in [2.24, 2.45) is 0 Å². The Morgan fingerprint density at radius 1 is 1.00 bits per heavy atom. The van der Waals surface area contributed by atoms with Crippen LogP contribution < -0.4 is 5.73 Å². The Labute approximate surface area is 134 Å². The average Bonchev–Trinajstić information content (AvgIpc) is 2.47. The molecule has 0 amide bonds. The highest BCUT2D eigenvalue weighted by Gasteiger charge is 2.12. The highest BCUT2D eigenvalue weighted by atomic mass is 35.5. The van der Waals surface area contributed by atoms with Crippen molar-refractivity contribution >= 4 is 29.1 Å². The van der Waals surface area contributed by atoms with Gasteiger partial charge in [0.05, 0.1) is 5.69 Å². The first kappa shape index (κ1) is 16.2. The summed E-state index contributed by atoms with van der Waals surface area (Å²) in [5.41, 5.74) is 8.28. The number of rotatable bonds is 2. The fourth-order valence-electron chi connectivity index (χ4n) is 2.40. The Morgan fingerprint density at radius 2 is 1.68 bits per heavy atom. The van der Waals surface area contributed by atoms with Gasteiger partial charge >= 0.3 is 0 Å². The van der Waals surface area contributed by atoms with Gasteiger partial charge in [-0.05, 0) is 29.5 Å². The number of halogens is 2. The Kier molecular flexibility index (Phi) is 4.62. The van der Waals surface area contributed by atoms with Crippen LogP contribution in [-0.4, -0.2) is 9.97 Å². The van der Waals surface area contributed by atoms with E-state index in [2.05, 4.69) is 9.97 Å². The van der Waals surface area contributed by atoms with Crippen LogP contribution in [0.4, 0.5) is 10.3 Å². The summed E-state index contributed by atoms with van der Waals surface area (Å²) in [4.78, 5) is 8.56. The molecule has 0 bridgehead atoms. The van der Waals surface area contributed by atoms with Crippen LogP contribution >= 0.6 is 12.4 Å². The van der Waals surface area contributed by atoms with Crippen LogP contribution in [0.25, 0.3) is 22.0 Å². The molecule has 0 radical (unpaired) electrons. The second kappa shape index (κ2) is 6.28. The second-order valence-corrected chi connectivity index (χ2v) is 5.33. The Balaban J connectivity index is 0.00000176. The molecular formula is C17H17ClFN3. The fraction of sp³-hybridized carbons (Fsp3) is 0.176. The van der Waals surface area contributed by atoms with Gasteiger partial charge in [0.25, 0.3) is 0 Å². The molecule has 0 spiro atoms. The first-order valence-corrected chi connectivity index (χ1v) is 6.88. The number of nitrogen functional groups attached to an aromatic ring is 1. The highest BCUT2D eigenvalue weighted by molar-refractivity contribution is 5.96. The zero-order valence-corrected chi connectivity index (χ0v) is 13.2. The van der Waals surface area contributed by atoms with E-state index < -0.39 is 0 Å². The number of hydrogen-bond acceptors (Lipinski definition) is 3. The minimum atomic E-state index is -0.236. The summed E-state index contributed by atoms with van der Waals surface area (Å²) in [7, 11) is 0. The zero-order valence-electron chi connectivity index (χ0n) is 12.4. The minimum absolute atomic E-state index is 0. The Bertz CT molecular complexity index is 818. The SMILES string of the molecule is CC(C)c1cc(-c2ccc(F)c3ccccc23)nc(N)n1.Cl. The van der Waals surface area contributed by atoms with Crippen molar-refractivity contribution in [2.45, 2.75) is 19.8 Å². The van der Waals surface area contributed by atoms with Crippen LogP contribution in [0.2, 0.25) is 0 Å². The summed E-state index contributed by atoms with van der Waals surface area (Å²) in [6, 6.07) is 12.5. The van der Waals surface area contributed by atoms with Gasteiger partial charge in [-0.3, -0.25) is 0 Å². The van der Waals surface area contributed by atoms with E-state index in [0.717, 1.165) is 22.3 Å². The molecule has 0 unspecified atom stereocenters. The molecule has 0 aliphatic carbocycles. The molecule has 114 valence electrons. The second-order valence-electron chi connectivity index (χ2n) is 5.33. The van der Waals surface area contributed by atoms with Crippen molar-refractivity contribution in [3.8, 4) is 11.3 Å². The van der Waals surface area contributed by atoms with Gasteiger partial charge in [-0.1, -0.05) is 38.1 Å². The number of anilines is 1. The Hall–Kier alpha value is -2.20. The third-order valence-electron chi connectivity index (χ3n) is 3.50. The van der Waals surface area contributed by atoms with Crippen LogP contribution in [0, 0.1) is 5.82 Å². The maximum absolute atomic E-state index is 13.9. The van der Waals surface area contributed by atoms with Gasteiger partial charge in [-0.25, -0.2) is 14.4 Å². The minimum Gasteiger partial charge on any atom is -0.368 e. The fourth-order valence-corrected chi connectivity index (χ4v) is 2.40. The van der Waals surface area contributed by atoms with Crippen molar-refractivity contribution in [3.63, 3.8) is 0 Å². The molecule has 1 aromatic heterocycles. The monoisotopic (exact) mass is 317 g/mol. The van der Waals surface area contributed by atoms with Crippen molar-refractivity contribution in [3.05, 3.63) is 54.0 Å². The van der Waals surface area contributed by atoms with Crippen LogP contribution in [0.15, 0.2) is 42.5 Å². The van der Waals surface area contributed by atoms with E-state index in [1.165, 1.54) is 6.07 Å². The standard InChI is InChI=1S/C17H16FN3.ClH/c1-10(2)15-9-16(21-17(19)20-15)13-7-8-14(18)12-6-4-3-5-11(12)13;/h3-10H,1-2H3,(H2,19,20,21);1H. The molecule has 0 saturated carbocycles. The molecule has 0 aliphatic heterocycles. The summed E-state index contributed by atoms with van der Waals surface area (Å²) >= 11 is 0.